The third kappa shape index (κ3) is 4.76. The van der Waals surface area contributed by atoms with E-state index in [1.54, 1.807) is 36.4 Å². The molecule has 0 saturated carbocycles. The quantitative estimate of drug-likeness (QED) is 0.696. The number of ketones is 1. The summed E-state index contributed by atoms with van der Waals surface area (Å²) in [6, 6.07) is 13.1. The molecular formula is C20H23N3O4S. The molecule has 1 aliphatic rings. The molecule has 28 heavy (non-hydrogen) atoms. The highest BCUT2D eigenvalue weighted by molar-refractivity contribution is 7.89. The summed E-state index contributed by atoms with van der Waals surface area (Å²) in [5.74, 6) is -0.273. The summed E-state index contributed by atoms with van der Waals surface area (Å²) in [6.07, 6.45) is 1.77. The summed E-state index contributed by atoms with van der Waals surface area (Å²) in [6.45, 7) is 2.66. The van der Waals surface area contributed by atoms with Crippen LogP contribution in [-0.4, -0.2) is 44.0 Å². The smallest absolute Gasteiger partial charge is 0.243 e. The third-order valence-electron chi connectivity index (χ3n) is 4.59. The number of benzene rings is 2. The first-order valence-electron chi connectivity index (χ1n) is 9.11. The molecule has 2 aromatic rings. The van der Waals surface area contributed by atoms with Crippen LogP contribution in [0.25, 0.3) is 0 Å². The predicted octanol–water partition coefficient (Wildman–Crippen LogP) is 2.72. The van der Waals surface area contributed by atoms with Crippen LogP contribution in [0.1, 0.15) is 30.1 Å². The van der Waals surface area contributed by atoms with Crippen molar-refractivity contribution in [3.05, 3.63) is 54.1 Å². The Hall–Kier alpha value is -2.71. The number of carbonyl (C=O) groups excluding carboxylic acids is 2. The van der Waals surface area contributed by atoms with E-state index in [0.29, 0.717) is 24.3 Å². The van der Waals surface area contributed by atoms with Gasteiger partial charge in [0.2, 0.25) is 15.9 Å². The summed E-state index contributed by atoms with van der Waals surface area (Å²) in [5, 5.41) is 5.70. The Morgan fingerprint density at radius 2 is 1.50 bits per heavy atom. The van der Waals surface area contributed by atoms with Gasteiger partial charge in [-0.25, -0.2) is 8.42 Å². The Morgan fingerprint density at radius 1 is 0.929 bits per heavy atom. The maximum Gasteiger partial charge on any atom is 0.243 e. The third-order valence-corrected chi connectivity index (χ3v) is 6.50. The molecule has 0 bridgehead atoms. The van der Waals surface area contributed by atoms with Crippen molar-refractivity contribution in [2.24, 2.45) is 0 Å². The standard InChI is InChI=1S/C20H23N3O4S/c1-15(24)16-4-6-17(7-5-16)21-14-20(25)22-18-8-10-19(11-9-18)28(26,27)23-12-2-3-13-23/h4-11,21H,2-3,12-14H2,1H3,(H,22,25). The lowest BCUT2D eigenvalue weighted by Crippen LogP contribution is -2.27. The van der Waals surface area contributed by atoms with Crippen LogP contribution in [-0.2, 0) is 14.8 Å². The molecule has 0 radical (unpaired) electrons. The molecule has 1 amide bonds. The lowest BCUT2D eigenvalue weighted by Gasteiger charge is -2.15. The van der Waals surface area contributed by atoms with Crippen molar-refractivity contribution in [2.75, 3.05) is 30.3 Å². The van der Waals surface area contributed by atoms with Gasteiger partial charge in [-0.2, -0.15) is 4.31 Å². The molecule has 0 atom stereocenters. The van der Waals surface area contributed by atoms with Gasteiger partial charge in [-0.15, -0.1) is 0 Å². The first kappa shape index (κ1) is 20.0. The van der Waals surface area contributed by atoms with Gasteiger partial charge in [0.05, 0.1) is 11.4 Å². The van der Waals surface area contributed by atoms with Crippen LogP contribution in [0, 0.1) is 0 Å². The van der Waals surface area contributed by atoms with Crippen LogP contribution < -0.4 is 10.6 Å². The second-order valence-corrected chi connectivity index (χ2v) is 8.61. The van der Waals surface area contributed by atoms with Gasteiger partial charge < -0.3 is 10.6 Å². The van der Waals surface area contributed by atoms with Gasteiger partial charge in [-0.1, -0.05) is 0 Å². The zero-order valence-corrected chi connectivity index (χ0v) is 16.5. The second kappa shape index (κ2) is 8.53. The van der Waals surface area contributed by atoms with E-state index in [-0.39, 0.29) is 23.1 Å². The number of carbonyl (C=O) groups is 2. The SMILES string of the molecule is CC(=O)c1ccc(NCC(=O)Nc2ccc(S(=O)(=O)N3CCCC3)cc2)cc1. The van der Waals surface area contributed by atoms with Crippen molar-refractivity contribution in [1.29, 1.82) is 0 Å². The number of anilines is 2. The van der Waals surface area contributed by atoms with E-state index in [1.807, 2.05) is 0 Å². The van der Waals surface area contributed by atoms with Gasteiger partial charge in [-0.3, -0.25) is 9.59 Å². The Kier molecular flexibility index (Phi) is 6.11. The molecule has 3 rings (SSSR count). The average Bonchev–Trinajstić information content (AvgIpc) is 3.23. The van der Waals surface area contributed by atoms with Crippen LogP contribution >= 0.6 is 0 Å². The van der Waals surface area contributed by atoms with Crippen LogP contribution in [0.4, 0.5) is 11.4 Å². The number of nitrogens with one attached hydrogen (secondary N) is 2. The molecule has 2 aromatic carbocycles. The first-order chi connectivity index (χ1) is 13.4. The molecule has 0 spiro atoms. The van der Waals surface area contributed by atoms with Gasteiger partial charge in [0.25, 0.3) is 0 Å². The average molecular weight is 401 g/mol. The van der Waals surface area contributed by atoms with Crippen LogP contribution in [0.15, 0.2) is 53.4 Å². The van der Waals surface area contributed by atoms with E-state index in [9.17, 15) is 18.0 Å². The normalized spacial score (nSPS) is 14.6. The van der Waals surface area contributed by atoms with Crippen molar-refractivity contribution in [3.63, 3.8) is 0 Å². The van der Waals surface area contributed by atoms with Crippen molar-refractivity contribution in [3.8, 4) is 0 Å². The number of hydrogen-bond donors (Lipinski definition) is 2. The maximum absolute atomic E-state index is 12.5. The van der Waals surface area contributed by atoms with Gasteiger partial charge in [0, 0.05) is 30.0 Å². The molecular weight excluding hydrogens is 378 g/mol. The number of nitrogens with zero attached hydrogens (tertiary/aromatic N) is 1. The van der Waals surface area contributed by atoms with Crippen LogP contribution in [0.2, 0.25) is 0 Å². The highest BCUT2D eigenvalue weighted by Crippen LogP contribution is 2.22. The fourth-order valence-corrected chi connectivity index (χ4v) is 4.52. The molecule has 1 saturated heterocycles. The fourth-order valence-electron chi connectivity index (χ4n) is 3.00. The summed E-state index contributed by atoms with van der Waals surface area (Å²) >= 11 is 0. The lowest BCUT2D eigenvalue weighted by molar-refractivity contribution is -0.114. The van der Waals surface area contributed by atoms with Crippen molar-refractivity contribution >= 4 is 33.1 Å². The Balaban J connectivity index is 1.55. The molecule has 0 aliphatic carbocycles. The van der Waals surface area contributed by atoms with Gasteiger partial charge in [-0.05, 0) is 68.3 Å². The minimum absolute atomic E-state index is 0.0144. The van der Waals surface area contributed by atoms with Crippen LogP contribution in [0.3, 0.4) is 0 Å². The fraction of sp³-hybridized carbons (Fsp3) is 0.300. The number of sulfonamides is 1. The molecule has 7 nitrogen and oxygen atoms in total. The number of rotatable bonds is 7. The van der Waals surface area contributed by atoms with E-state index in [1.165, 1.54) is 23.4 Å². The second-order valence-electron chi connectivity index (χ2n) is 6.67. The number of Topliss-reactive ketones (excluding diaryl/α,β-unsaturated/α-hetero) is 1. The molecule has 1 aliphatic heterocycles. The Bertz CT molecular complexity index is 948. The van der Waals surface area contributed by atoms with Crippen molar-refractivity contribution in [2.45, 2.75) is 24.7 Å². The zero-order valence-electron chi connectivity index (χ0n) is 15.6. The first-order valence-corrected chi connectivity index (χ1v) is 10.6. The molecule has 0 aromatic heterocycles. The highest BCUT2D eigenvalue weighted by atomic mass is 32.2. The Morgan fingerprint density at radius 3 is 2.07 bits per heavy atom. The van der Waals surface area contributed by atoms with E-state index in [2.05, 4.69) is 10.6 Å². The molecule has 1 fully saturated rings. The van der Waals surface area contributed by atoms with Crippen LogP contribution in [0.5, 0.6) is 0 Å². The van der Waals surface area contributed by atoms with E-state index >= 15 is 0 Å². The summed E-state index contributed by atoms with van der Waals surface area (Å²) < 4.78 is 26.5. The molecule has 2 N–H and O–H groups in total. The summed E-state index contributed by atoms with van der Waals surface area (Å²) in [7, 11) is -3.46. The minimum atomic E-state index is -3.46. The monoisotopic (exact) mass is 401 g/mol. The highest BCUT2D eigenvalue weighted by Gasteiger charge is 2.26. The van der Waals surface area contributed by atoms with Gasteiger partial charge in [0.1, 0.15) is 0 Å². The summed E-state index contributed by atoms with van der Waals surface area (Å²) in [4.78, 5) is 23.6. The lowest BCUT2D eigenvalue weighted by atomic mass is 10.1. The molecule has 1 heterocycles. The zero-order chi connectivity index (χ0) is 20.1. The van der Waals surface area contributed by atoms with Gasteiger partial charge >= 0.3 is 0 Å². The maximum atomic E-state index is 12.5. The minimum Gasteiger partial charge on any atom is -0.376 e. The van der Waals surface area contributed by atoms with Crippen molar-refractivity contribution < 1.29 is 18.0 Å². The molecule has 148 valence electrons. The Labute approximate surface area is 164 Å². The van der Waals surface area contributed by atoms with E-state index in [0.717, 1.165) is 18.5 Å². The predicted molar refractivity (Wildman–Crippen MR) is 108 cm³/mol. The number of hydrogen-bond acceptors (Lipinski definition) is 5. The topological polar surface area (TPSA) is 95.6 Å². The summed E-state index contributed by atoms with van der Waals surface area (Å²) in [5.41, 5.74) is 1.87. The molecule has 8 heteroatoms. The van der Waals surface area contributed by atoms with Gasteiger partial charge in [0.15, 0.2) is 5.78 Å². The molecule has 0 unspecified atom stereocenters. The number of amides is 1. The van der Waals surface area contributed by atoms with Crippen molar-refractivity contribution in [1.82, 2.24) is 4.31 Å². The largest absolute Gasteiger partial charge is 0.376 e. The van der Waals surface area contributed by atoms with E-state index in [4.69, 9.17) is 0 Å². The van der Waals surface area contributed by atoms with E-state index < -0.39 is 10.0 Å².